The van der Waals surface area contributed by atoms with Gasteiger partial charge in [0.2, 0.25) is 0 Å². The zero-order chi connectivity index (χ0) is 21.2. The fourth-order valence-electron chi connectivity index (χ4n) is 1.10. The van der Waals surface area contributed by atoms with Crippen LogP contribution < -0.4 is 0 Å². The van der Waals surface area contributed by atoms with Crippen LogP contribution >= 0.6 is 0 Å². The van der Waals surface area contributed by atoms with Crippen molar-refractivity contribution in [3.05, 3.63) is 0 Å². The third-order valence-electron chi connectivity index (χ3n) is 2.93. The average molecular weight is 459 g/mol. The van der Waals surface area contributed by atoms with Gasteiger partial charge in [-0.25, -0.2) is 0 Å². The van der Waals surface area contributed by atoms with Gasteiger partial charge in [-0.3, -0.25) is 0 Å². The first-order valence-corrected chi connectivity index (χ1v) is 13.5. The van der Waals surface area contributed by atoms with Crippen LogP contribution in [-0.2, 0) is 47.7 Å². The maximum absolute atomic E-state index is 11.7. The van der Waals surface area contributed by atoms with Crippen molar-refractivity contribution in [2.24, 2.45) is 0 Å². The maximum atomic E-state index is 11.7. The van der Waals surface area contributed by atoms with Crippen molar-refractivity contribution >= 4 is 40.5 Å². The van der Waals surface area contributed by atoms with Crippen LogP contribution in [0.2, 0.25) is 0 Å². The topological polar surface area (TPSA) is 155 Å². The Morgan fingerprint density at radius 3 is 0.962 bits per heavy atom. The number of hydrogen-bond acceptors (Lipinski definition) is 10. The lowest BCUT2D eigenvalue weighted by molar-refractivity contribution is 0.433. The van der Waals surface area contributed by atoms with E-state index in [0.29, 0.717) is 0 Å². The summed E-state index contributed by atoms with van der Waals surface area (Å²) in [4.78, 5) is 0. The zero-order valence-electron chi connectivity index (χ0n) is 15.5. The van der Waals surface area contributed by atoms with Crippen LogP contribution in [0.25, 0.3) is 0 Å². The first-order chi connectivity index (χ1) is 11.1. The maximum Gasteiger partial charge on any atom is 0.286 e. The van der Waals surface area contributed by atoms with Crippen molar-refractivity contribution < 1.29 is 40.9 Å². The van der Waals surface area contributed by atoms with Crippen LogP contribution in [0.5, 0.6) is 0 Å². The van der Waals surface area contributed by atoms with Gasteiger partial charge in [-0.05, 0) is 54.4 Å². The predicted molar refractivity (Wildman–Crippen MR) is 96.3 cm³/mol. The van der Waals surface area contributed by atoms with E-state index in [4.69, 9.17) is 0 Å². The molecule has 0 aliphatic carbocycles. The average Bonchev–Trinajstić information content (AvgIpc) is 2.29. The molecule has 0 aromatic heterocycles. The van der Waals surface area contributed by atoms with E-state index >= 15 is 0 Å². The van der Waals surface area contributed by atoms with E-state index < -0.39 is 61.5 Å². The smallest absolute Gasteiger partial charge is 0.198 e. The van der Waals surface area contributed by atoms with Crippen molar-refractivity contribution in [3.63, 3.8) is 0 Å². The molecule has 0 saturated carbocycles. The third-order valence-corrected chi connectivity index (χ3v) is 10.6. The van der Waals surface area contributed by atoms with Crippen molar-refractivity contribution in [2.45, 2.75) is 63.9 Å². The van der Waals surface area contributed by atoms with Crippen LogP contribution in [0.15, 0.2) is 0 Å². The quantitative estimate of drug-likeness (QED) is 0.451. The molecule has 0 radical (unpaired) electrons. The number of hydrogen-bond donors (Lipinski definition) is 0. The van der Waals surface area contributed by atoms with Gasteiger partial charge in [0, 0.05) is 0 Å². The van der Waals surface area contributed by atoms with Crippen LogP contribution in [-0.4, -0.2) is 54.7 Å². The van der Waals surface area contributed by atoms with E-state index in [1.807, 2.05) is 0 Å². The molecule has 0 unspecified atom stereocenters. The summed E-state index contributed by atoms with van der Waals surface area (Å²) in [5, 5.41) is 0. The third kappa shape index (κ3) is 8.17. The van der Waals surface area contributed by atoms with Gasteiger partial charge >= 0.3 is 0 Å². The fraction of sp³-hybridized carbons (Fsp3) is 1.00. The summed E-state index contributed by atoms with van der Waals surface area (Å²) in [6, 6.07) is 0. The fourth-order valence-corrected chi connectivity index (χ4v) is 6.58. The zero-order valence-corrected chi connectivity index (χ0v) is 18.8. The molecule has 0 aromatic carbocycles. The number of unbranched alkanes of at least 4 members (excludes halogenated alkanes) is 1. The Morgan fingerprint density at radius 2 is 0.769 bits per heavy atom. The Kier molecular flexibility index (Phi) is 7.90. The second-order valence-corrected chi connectivity index (χ2v) is 15.9. The lowest BCUT2D eigenvalue weighted by atomic mass is 10.3. The predicted octanol–water partition coefficient (Wildman–Crippen LogP) is 0.716. The molecule has 0 heterocycles. The molecule has 0 bridgehead atoms. The minimum absolute atomic E-state index is 0.264. The van der Waals surface area contributed by atoms with Gasteiger partial charge in [0.25, 0.3) is 40.5 Å². The highest BCUT2D eigenvalue weighted by Crippen LogP contribution is 2.21. The highest BCUT2D eigenvalue weighted by atomic mass is 32.3. The lowest BCUT2D eigenvalue weighted by Crippen LogP contribution is -2.33. The minimum Gasteiger partial charge on any atom is -0.198 e. The molecule has 0 rings (SSSR count). The molecule has 158 valence electrons. The second-order valence-electron chi connectivity index (χ2n) is 7.50. The summed E-state index contributed by atoms with van der Waals surface area (Å²) in [6.07, 6.45) is -0.527. The monoisotopic (exact) mass is 458 g/mol. The van der Waals surface area contributed by atoms with E-state index in [1.165, 1.54) is 41.5 Å². The van der Waals surface area contributed by atoms with Gasteiger partial charge in [0.1, 0.15) is 0 Å². The van der Waals surface area contributed by atoms with Crippen LogP contribution in [0.3, 0.4) is 0 Å². The molecule has 0 N–H and O–H groups in total. The van der Waals surface area contributed by atoms with E-state index in [1.54, 1.807) is 0 Å². The van der Waals surface area contributed by atoms with Crippen LogP contribution in [0.4, 0.5) is 0 Å². The highest BCUT2D eigenvalue weighted by molar-refractivity contribution is 8.01. The molecular weight excluding hydrogens is 432 g/mol. The molecule has 0 spiro atoms. The molecule has 0 aliphatic heterocycles. The molecule has 0 atom stereocenters. The molecule has 0 saturated heterocycles. The summed E-state index contributed by atoms with van der Waals surface area (Å²) >= 11 is 0. The van der Waals surface area contributed by atoms with Crippen LogP contribution in [0, 0.1) is 0 Å². The first kappa shape index (κ1) is 25.7. The van der Waals surface area contributed by atoms with E-state index in [-0.39, 0.29) is 12.8 Å². The Balaban J connectivity index is 4.77. The second kappa shape index (κ2) is 7.99. The standard InChI is InChI=1S/C12H26O10S4/c1-11(2,3)25(17,18)21-23(13,14)9-7-8-10-24(15,16)22-26(19,20)12(4,5)6/h7-10H2,1-6H3. The van der Waals surface area contributed by atoms with Crippen molar-refractivity contribution in [2.75, 3.05) is 11.5 Å². The van der Waals surface area contributed by atoms with Gasteiger partial charge in [-0.1, -0.05) is 0 Å². The first-order valence-electron chi connectivity index (χ1n) is 7.49. The van der Waals surface area contributed by atoms with Crippen molar-refractivity contribution in [1.82, 2.24) is 0 Å². The van der Waals surface area contributed by atoms with Gasteiger partial charge in [0.15, 0.2) is 0 Å². The van der Waals surface area contributed by atoms with E-state index in [2.05, 4.69) is 7.26 Å². The van der Waals surface area contributed by atoms with Crippen molar-refractivity contribution in [1.29, 1.82) is 0 Å². The minimum atomic E-state index is -4.44. The molecule has 26 heavy (non-hydrogen) atoms. The van der Waals surface area contributed by atoms with Gasteiger partial charge in [-0.15, -0.1) is 7.26 Å². The lowest BCUT2D eigenvalue weighted by Gasteiger charge is -2.18. The SMILES string of the molecule is CC(C)(C)S(=O)(=O)OS(=O)(=O)CCCCS(=O)(=O)OS(=O)(=O)C(C)(C)C. The Bertz CT molecular complexity index is 817. The Hall–Kier alpha value is -0.280. The van der Waals surface area contributed by atoms with E-state index in [9.17, 15) is 33.7 Å². The van der Waals surface area contributed by atoms with Crippen molar-refractivity contribution in [3.8, 4) is 0 Å². The van der Waals surface area contributed by atoms with Gasteiger partial charge < -0.3 is 0 Å². The Labute approximate surface area is 156 Å². The summed E-state index contributed by atoms with van der Waals surface area (Å²) in [6.45, 7) is 7.57. The molecule has 10 nitrogen and oxygen atoms in total. The van der Waals surface area contributed by atoms with Crippen LogP contribution in [0.1, 0.15) is 54.4 Å². The molecule has 0 fully saturated rings. The number of rotatable bonds is 9. The largest absolute Gasteiger partial charge is 0.286 e. The summed E-state index contributed by atoms with van der Waals surface area (Å²) < 4.78 is 99.2. The summed E-state index contributed by atoms with van der Waals surface area (Å²) in [5.74, 6) is -1.49. The molecule has 0 aliphatic rings. The molecule has 0 amide bonds. The normalized spacial score (nSPS) is 15.2. The van der Waals surface area contributed by atoms with Gasteiger partial charge in [-0.2, -0.15) is 33.7 Å². The summed E-state index contributed by atoms with van der Waals surface area (Å²) in [7, 11) is -17.6. The highest BCUT2D eigenvalue weighted by Gasteiger charge is 2.36. The molecule has 0 aromatic rings. The molecular formula is C12H26O10S4. The van der Waals surface area contributed by atoms with E-state index in [0.717, 1.165) is 0 Å². The Morgan fingerprint density at radius 1 is 0.538 bits per heavy atom. The summed E-state index contributed by atoms with van der Waals surface area (Å²) in [5.41, 5.74) is 0. The molecule has 14 heteroatoms. The van der Waals surface area contributed by atoms with Gasteiger partial charge in [0.05, 0.1) is 21.0 Å².